The molecule has 18 heavy (non-hydrogen) atoms. The van der Waals surface area contributed by atoms with Gasteiger partial charge in [0.2, 0.25) is 0 Å². The molecule has 92 valence electrons. The van der Waals surface area contributed by atoms with Gasteiger partial charge in [-0.15, -0.1) is 0 Å². The van der Waals surface area contributed by atoms with Gasteiger partial charge in [0.25, 0.3) is 0 Å². The van der Waals surface area contributed by atoms with Gasteiger partial charge in [0.15, 0.2) is 0 Å². The van der Waals surface area contributed by atoms with E-state index in [1.165, 1.54) is 5.56 Å². The van der Waals surface area contributed by atoms with Crippen molar-refractivity contribution in [3.8, 4) is 0 Å². The Hall–Kier alpha value is -1.68. The third-order valence-electron chi connectivity index (χ3n) is 2.64. The summed E-state index contributed by atoms with van der Waals surface area (Å²) >= 11 is 3.41. The lowest BCUT2D eigenvalue weighted by molar-refractivity contribution is 1.22. The number of azo groups is 1. The van der Waals surface area contributed by atoms with E-state index < -0.39 is 0 Å². The van der Waals surface area contributed by atoms with Crippen molar-refractivity contribution in [3.05, 3.63) is 52.0 Å². The van der Waals surface area contributed by atoms with Crippen LogP contribution in [0.2, 0.25) is 0 Å². The number of halogens is 1. The van der Waals surface area contributed by atoms with Gasteiger partial charge < -0.3 is 5.73 Å². The standard InChI is InChI=1S/C14H14BrN3/c1-9-3-5-11(6-4-9)17-18-12-7-10(2)14(16)13(15)8-12/h3-8H,16H2,1-2H3. The number of aryl methyl sites for hydroxylation is 2. The summed E-state index contributed by atoms with van der Waals surface area (Å²) in [5, 5.41) is 8.40. The molecule has 0 saturated heterocycles. The molecule has 2 aromatic rings. The van der Waals surface area contributed by atoms with E-state index in [1.54, 1.807) is 0 Å². The van der Waals surface area contributed by atoms with Crippen LogP contribution in [-0.4, -0.2) is 0 Å². The average Bonchev–Trinajstić information content (AvgIpc) is 2.35. The zero-order valence-corrected chi connectivity index (χ0v) is 11.9. The Morgan fingerprint density at radius 1 is 0.944 bits per heavy atom. The van der Waals surface area contributed by atoms with Crippen molar-refractivity contribution in [2.75, 3.05) is 5.73 Å². The van der Waals surface area contributed by atoms with Crippen LogP contribution in [0.5, 0.6) is 0 Å². The van der Waals surface area contributed by atoms with E-state index in [-0.39, 0.29) is 0 Å². The van der Waals surface area contributed by atoms with E-state index in [0.29, 0.717) is 0 Å². The number of nitrogen functional groups attached to an aromatic ring is 1. The van der Waals surface area contributed by atoms with Gasteiger partial charge in [-0.2, -0.15) is 10.2 Å². The van der Waals surface area contributed by atoms with Crippen LogP contribution in [0.4, 0.5) is 17.1 Å². The smallest absolute Gasteiger partial charge is 0.0872 e. The third kappa shape index (κ3) is 2.96. The number of anilines is 1. The topological polar surface area (TPSA) is 50.7 Å². The Kier molecular flexibility index (Phi) is 3.77. The minimum Gasteiger partial charge on any atom is -0.398 e. The van der Waals surface area contributed by atoms with Crippen molar-refractivity contribution in [2.24, 2.45) is 10.2 Å². The Morgan fingerprint density at radius 3 is 2.17 bits per heavy atom. The molecule has 0 aromatic heterocycles. The monoisotopic (exact) mass is 303 g/mol. The fourth-order valence-corrected chi connectivity index (χ4v) is 2.07. The van der Waals surface area contributed by atoms with Gasteiger partial charge in [0.05, 0.1) is 11.4 Å². The molecule has 0 bridgehead atoms. The first-order valence-electron chi connectivity index (χ1n) is 5.60. The number of benzene rings is 2. The van der Waals surface area contributed by atoms with Crippen LogP contribution >= 0.6 is 15.9 Å². The summed E-state index contributed by atoms with van der Waals surface area (Å²) in [7, 11) is 0. The second-order valence-electron chi connectivity index (χ2n) is 4.19. The molecular formula is C14H14BrN3. The van der Waals surface area contributed by atoms with Gasteiger partial charge in [-0.25, -0.2) is 0 Å². The second-order valence-corrected chi connectivity index (χ2v) is 5.05. The molecule has 2 aromatic carbocycles. The molecule has 0 aliphatic heterocycles. The van der Waals surface area contributed by atoms with Crippen molar-refractivity contribution >= 4 is 33.0 Å². The molecule has 0 amide bonds. The molecular weight excluding hydrogens is 290 g/mol. The van der Waals surface area contributed by atoms with Gasteiger partial charge >= 0.3 is 0 Å². The summed E-state index contributed by atoms with van der Waals surface area (Å²) in [6, 6.07) is 11.7. The van der Waals surface area contributed by atoms with Crippen LogP contribution in [0.3, 0.4) is 0 Å². The summed E-state index contributed by atoms with van der Waals surface area (Å²) in [6.45, 7) is 3.99. The summed E-state index contributed by atoms with van der Waals surface area (Å²) < 4.78 is 0.848. The Labute approximate surface area is 115 Å². The maximum Gasteiger partial charge on any atom is 0.0872 e. The molecule has 0 unspecified atom stereocenters. The van der Waals surface area contributed by atoms with Crippen molar-refractivity contribution in [2.45, 2.75) is 13.8 Å². The molecule has 3 nitrogen and oxygen atoms in total. The van der Waals surface area contributed by atoms with Crippen LogP contribution in [-0.2, 0) is 0 Å². The normalized spacial score (nSPS) is 11.1. The van der Waals surface area contributed by atoms with E-state index in [9.17, 15) is 0 Å². The molecule has 0 radical (unpaired) electrons. The number of rotatable bonds is 2. The first-order chi connectivity index (χ1) is 8.56. The van der Waals surface area contributed by atoms with Crippen molar-refractivity contribution in [1.82, 2.24) is 0 Å². The molecule has 0 saturated carbocycles. The summed E-state index contributed by atoms with van der Waals surface area (Å²) in [5.74, 6) is 0. The molecule has 0 heterocycles. The fraction of sp³-hybridized carbons (Fsp3) is 0.143. The fourth-order valence-electron chi connectivity index (χ4n) is 1.52. The van der Waals surface area contributed by atoms with Crippen molar-refractivity contribution in [3.63, 3.8) is 0 Å². The second kappa shape index (κ2) is 5.31. The minimum atomic E-state index is 0.740. The Bertz CT molecular complexity index is 565. The van der Waals surface area contributed by atoms with Crippen LogP contribution in [0, 0.1) is 13.8 Å². The van der Waals surface area contributed by atoms with E-state index in [1.807, 2.05) is 50.2 Å². The van der Waals surface area contributed by atoms with E-state index in [0.717, 1.165) is 27.1 Å². The van der Waals surface area contributed by atoms with Gasteiger partial charge in [-0.05, 0) is 59.6 Å². The van der Waals surface area contributed by atoms with Crippen molar-refractivity contribution in [1.29, 1.82) is 0 Å². The van der Waals surface area contributed by atoms with Crippen molar-refractivity contribution < 1.29 is 0 Å². The van der Waals surface area contributed by atoms with Crippen LogP contribution in [0.15, 0.2) is 51.1 Å². The first-order valence-corrected chi connectivity index (χ1v) is 6.39. The van der Waals surface area contributed by atoms with E-state index in [4.69, 9.17) is 5.73 Å². The van der Waals surface area contributed by atoms with E-state index >= 15 is 0 Å². The van der Waals surface area contributed by atoms with Crippen LogP contribution in [0.1, 0.15) is 11.1 Å². The largest absolute Gasteiger partial charge is 0.398 e. The average molecular weight is 304 g/mol. The molecule has 4 heteroatoms. The minimum absolute atomic E-state index is 0.740. The predicted octanol–water partition coefficient (Wildman–Crippen LogP) is 5.06. The number of hydrogen-bond donors (Lipinski definition) is 1. The lowest BCUT2D eigenvalue weighted by Crippen LogP contribution is -1.89. The molecule has 0 atom stereocenters. The van der Waals surface area contributed by atoms with E-state index in [2.05, 4.69) is 26.2 Å². The summed E-state index contributed by atoms with van der Waals surface area (Å²) in [5.41, 5.74) is 10.4. The van der Waals surface area contributed by atoms with Crippen LogP contribution < -0.4 is 5.73 Å². The highest BCUT2D eigenvalue weighted by molar-refractivity contribution is 9.10. The first kappa shape index (κ1) is 12.8. The highest BCUT2D eigenvalue weighted by atomic mass is 79.9. The summed E-state index contributed by atoms with van der Waals surface area (Å²) in [4.78, 5) is 0. The highest BCUT2D eigenvalue weighted by Gasteiger charge is 2.02. The molecule has 0 aliphatic rings. The van der Waals surface area contributed by atoms with Gasteiger partial charge in [-0.1, -0.05) is 17.7 Å². The maximum absolute atomic E-state index is 5.86. The number of hydrogen-bond acceptors (Lipinski definition) is 3. The third-order valence-corrected chi connectivity index (χ3v) is 3.29. The SMILES string of the molecule is Cc1ccc(N=Nc2cc(C)c(N)c(Br)c2)cc1. The zero-order valence-electron chi connectivity index (χ0n) is 10.3. The number of nitrogens with zero attached hydrogens (tertiary/aromatic N) is 2. The predicted molar refractivity (Wildman–Crippen MR) is 78.6 cm³/mol. The molecule has 0 spiro atoms. The van der Waals surface area contributed by atoms with Gasteiger partial charge in [0.1, 0.15) is 0 Å². The Balaban J connectivity index is 2.26. The lowest BCUT2D eigenvalue weighted by atomic mass is 10.2. The highest BCUT2D eigenvalue weighted by Crippen LogP contribution is 2.29. The maximum atomic E-state index is 5.86. The molecule has 0 aliphatic carbocycles. The van der Waals surface area contributed by atoms with Gasteiger partial charge in [0, 0.05) is 10.2 Å². The molecule has 0 fully saturated rings. The quantitative estimate of drug-likeness (QED) is 0.611. The lowest BCUT2D eigenvalue weighted by Gasteiger charge is -2.03. The number of nitrogens with two attached hydrogens (primary N) is 1. The van der Waals surface area contributed by atoms with Crippen LogP contribution in [0.25, 0.3) is 0 Å². The zero-order chi connectivity index (χ0) is 13.1. The Morgan fingerprint density at radius 2 is 1.56 bits per heavy atom. The molecule has 2 rings (SSSR count). The summed E-state index contributed by atoms with van der Waals surface area (Å²) in [6.07, 6.45) is 0. The molecule has 2 N–H and O–H groups in total. The van der Waals surface area contributed by atoms with Gasteiger partial charge in [-0.3, -0.25) is 0 Å².